The van der Waals surface area contributed by atoms with Crippen LogP contribution in [-0.4, -0.2) is 34.2 Å². The molecule has 2 aromatic rings. The molecule has 3 rings (SSSR count). The third-order valence-corrected chi connectivity index (χ3v) is 4.39. The molecule has 1 aliphatic heterocycles. The number of carbonyl (C=O) groups excluding carboxylic acids is 2. The van der Waals surface area contributed by atoms with Gasteiger partial charge in [0.15, 0.2) is 5.78 Å². The molecule has 1 atom stereocenters. The highest BCUT2D eigenvalue weighted by Crippen LogP contribution is 2.24. The molecule has 1 aliphatic rings. The second-order valence-corrected chi connectivity index (χ2v) is 5.88. The van der Waals surface area contributed by atoms with Crippen LogP contribution < -0.4 is 0 Å². The normalized spacial score (nSPS) is 17.9. The molecule has 0 aliphatic carbocycles. The fourth-order valence-corrected chi connectivity index (χ4v) is 3.26. The highest BCUT2D eigenvalue weighted by molar-refractivity contribution is 7.07. The van der Waals surface area contributed by atoms with Gasteiger partial charge in [-0.05, 0) is 12.8 Å². The number of likely N-dealkylation sites (tertiary alicyclic amines) is 1. The largest absolute Gasteiger partial charge is 0.334 e. The monoisotopic (exact) mass is 300 g/mol. The molecule has 4 nitrogen and oxygen atoms in total. The lowest BCUT2D eigenvalue weighted by Gasteiger charge is -2.23. The molecule has 0 bridgehead atoms. The molecule has 108 valence electrons. The Balaban J connectivity index is 1.70. The van der Waals surface area contributed by atoms with Gasteiger partial charge in [0.05, 0.1) is 5.51 Å². The maximum absolute atomic E-state index is 12.4. The van der Waals surface area contributed by atoms with Gasteiger partial charge in [0.25, 0.3) is 5.91 Å². The van der Waals surface area contributed by atoms with E-state index in [1.807, 2.05) is 30.3 Å². The average molecular weight is 300 g/mol. The highest BCUT2D eigenvalue weighted by atomic mass is 32.1. The first-order valence-electron chi connectivity index (χ1n) is 7.03. The van der Waals surface area contributed by atoms with E-state index >= 15 is 0 Å². The standard InChI is InChI=1S/C16H16N2O2S/c19-15(12-5-2-1-3-6-12)9-13-7-4-8-18(13)16(20)14-10-21-11-17-14/h1-3,5-6,10-11,13H,4,7-9H2/t13-/m1/s1. The van der Waals surface area contributed by atoms with Crippen molar-refractivity contribution in [3.63, 3.8) is 0 Å². The number of rotatable bonds is 4. The van der Waals surface area contributed by atoms with E-state index < -0.39 is 0 Å². The summed E-state index contributed by atoms with van der Waals surface area (Å²) >= 11 is 1.41. The van der Waals surface area contributed by atoms with Gasteiger partial charge in [-0.25, -0.2) is 4.98 Å². The molecular formula is C16H16N2O2S. The summed E-state index contributed by atoms with van der Waals surface area (Å²) < 4.78 is 0. The number of hydrogen-bond acceptors (Lipinski definition) is 4. The number of hydrogen-bond donors (Lipinski definition) is 0. The maximum atomic E-state index is 12.4. The first kappa shape index (κ1) is 13.9. The van der Waals surface area contributed by atoms with E-state index in [1.165, 1.54) is 11.3 Å². The van der Waals surface area contributed by atoms with Crippen LogP contribution in [0.5, 0.6) is 0 Å². The first-order valence-corrected chi connectivity index (χ1v) is 7.97. The summed E-state index contributed by atoms with van der Waals surface area (Å²) in [7, 11) is 0. The zero-order chi connectivity index (χ0) is 14.7. The molecule has 1 aromatic carbocycles. The minimum atomic E-state index is -0.0559. The van der Waals surface area contributed by atoms with E-state index in [2.05, 4.69) is 4.98 Å². The molecule has 0 N–H and O–H groups in total. The molecule has 21 heavy (non-hydrogen) atoms. The Morgan fingerprint density at radius 3 is 2.81 bits per heavy atom. The smallest absolute Gasteiger partial charge is 0.273 e. The van der Waals surface area contributed by atoms with Gasteiger partial charge in [0.1, 0.15) is 5.69 Å². The predicted octanol–water partition coefficient (Wildman–Crippen LogP) is 3.02. The predicted molar refractivity (Wildman–Crippen MR) is 81.6 cm³/mol. The van der Waals surface area contributed by atoms with E-state index in [0.717, 1.165) is 12.8 Å². The molecule has 1 aromatic heterocycles. The molecule has 5 heteroatoms. The molecule has 1 amide bonds. The molecule has 2 heterocycles. The summed E-state index contributed by atoms with van der Waals surface area (Å²) in [6.07, 6.45) is 2.22. The lowest BCUT2D eigenvalue weighted by molar-refractivity contribution is 0.0712. The quantitative estimate of drug-likeness (QED) is 0.816. The highest BCUT2D eigenvalue weighted by Gasteiger charge is 2.31. The number of amides is 1. The van der Waals surface area contributed by atoms with Gasteiger partial charge in [-0.15, -0.1) is 11.3 Å². The first-order chi connectivity index (χ1) is 10.3. The number of thiazole rings is 1. The van der Waals surface area contributed by atoms with Crippen molar-refractivity contribution in [1.82, 2.24) is 9.88 Å². The van der Waals surface area contributed by atoms with Crippen LogP contribution in [0.15, 0.2) is 41.2 Å². The van der Waals surface area contributed by atoms with Crippen molar-refractivity contribution in [3.05, 3.63) is 52.5 Å². The molecule has 0 spiro atoms. The van der Waals surface area contributed by atoms with Crippen LogP contribution in [0.3, 0.4) is 0 Å². The molecule has 0 saturated carbocycles. The fourth-order valence-electron chi connectivity index (χ4n) is 2.74. The van der Waals surface area contributed by atoms with Gasteiger partial charge in [-0.2, -0.15) is 0 Å². The molecule has 1 fully saturated rings. The van der Waals surface area contributed by atoms with Crippen molar-refractivity contribution < 1.29 is 9.59 Å². The third-order valence-electron chi connectivity index (χ3n) is 3.81. The Bertz CT molecular complexity index is 625. The number of carbonyl (C=O) groups is 2. The summed E-state index contributed by atoms with van der Waals surface area (Å²) in [6.45, 7) is 0.711. The van der Waals surface area contributed by atoms with E-state index in [-0.39, 0.29) is 17.7 Å². The van der Waals surface area contributed by atoms with Crippen molar-refractivity contribution in [1.29, 1.82) is 0 Å². The Labute approximate surface area is 127 Å². The number of benzene rings is 1. The summed E-state index contributed by atoms with van der Waals surface area (Å²) in [5.41, 5.74) is 2.86. The van der Waals surface area contributed by atoms with Gasteiger partial charge in [0.2, 0.25) is 0 Å². The molecule has 1 saturated heterocycles. The summed E-state index contributed by atoms with van der Waals surface area (Å²) in [5.74, 6) is 0.0400. The number of aromatic nitrogens is 1. The van der Waals surface area contributed by atoms with Crippen molar-refractivity contribution in [2.75, 3.05) is 6.54 Å². The fraction of sp³-hybridized carbons (Fsp3) is 0.312. The van der Waals surface area contributed by atoms with E-state index in [9.17, 15) is 9.59 Å². The topological polar surface area (TPSA) is 50.3 Å². The Morgan fingerprint density at radius 1 is 1.29 bits per heavy atom. The van der Waals surface area contributed by atoms with Crippen LogP contribution in [-0.2, 0) is 0 Å². The van der Waals surface area contributed by atoms with E-state index in [0.29, 0.717) is 24.2 Å². The average Bonchev–Trinajstić information content (AvgIpc) is 3.19. The number of nitrogens with zero attached hydrogens (tertiary/aromatic N) is 2. The summed E-state index contributed by atoms with van der Waals surface area (Å²) in [5, 5.41) is 1.76. The SMILES string of the molecule is O=C(C[C@H]1CCCN1C(=O)c1cscn1)c1ccccc1. The minimum absolute atomic E-state index is 0.00749. The zero-order valence-electron chi connectivity index (χ0n) is 11.6. The van der Waals surface area contributed by atoms with Crippen LogP contribution in [0.1, 0.15) is 40.1 Å². The lowest BCUT2D eigenvalue weighted by atomic mass is 10.0. The van der Waals surface area contributed by atoms with Gasteiger partial charge >= 0.3 is 0 Å². The Morgan fingerprint density at radius 2 is 2.10 bits per heavy atom. The second kappa shape index (κ2) is 6.18. The second-order valence-electron chi connectivity index (χ2n) is 5.16. The van der Waals surface area contributed by atoms with Gasteiger partial charge < -0.3 is 4.90 Å². The van der Waals surface area contributed by atoms with Crippen LogP contribution in [0.2, 0.25) is 0 Å². The van der Waals surface area contributed by atoms with Gasteiger partial charge in [-0.3, -0.25) is 9.59 Å². The van der Waals surface area contributed by atoms with Gasteiger partial charge in [-0.1, -0.05) is 30.3 Å². The van der Waals surface area contributed by atoms with Crippen molar-refractivity contribution in [3.8, 4) is 0 Å². The lowest BCUT2D eigenvalue weighted by Crippen LogP contribution is -2.37. The number of ketones is 1. The van der Waals surface area contributed by atoms with Crippen molar-refractivity contribution in [2.24, 2.45) is 0 Å². The molecule has 0 radical (unpaired) electrons. The Hall–Kier alpha value is -2.01. The van der Waals surface area contributed by atoms with E-state index in [4.69, 9.17) is 0 Å². The molecule has 0 unspecified atom stereocenters. The third kappa shape index (κ3) is 3.03. The van der Waals surface area contributed by atoms with Crippen molar-refractivity contribution in [2.45, 2.75) is 25.3 Å². The van der Waals surface area contributed by atoms with E-state index in [1.54, 1.807) is 15.8 Å². The van der Waals surface area contributed by atoms with Gasteiger partial charge in [0, 0.05) is 30.0 Å². The zero-order valence-corrected chi connectivity index (χ0v) is 12.4. The minimum Gasteiger partial charge on any atom is -0.334 e. The maximum Gasteiger partial charge on any atom is 0.273 e. The summed E-state index contributed by atoms with van der Waals surface area (Å²) in [4.78, 5) is 30.6. The van der Waals surface area contributed by atoms with Crippen LogP contribution in [0, 0.1) is 0 Å². The molecular weight excluding hydrogens is 284 g/mol. The van der Waals surface area contributed by atoms with Crippen molar-refractivity contribution >= 4 is 23.0 Å². The van der Waals surface area contributed by atoms with Crippen LogP contribution in [0.25, 0.3) is 0 Å². The Kier molecular flexibility index (Phi) is 4.10. The van der Waals surface area contributed by atoms with Crippen LogP contribution in [0.4, 0.5) is 0 Å². The summed E-state index contributed by atoms with van der Waals surface area (Å²) in [6, 6.07) is 9.25. The van der Waals surface area contributed by atoms with Crippen LogP contribution >= 0.6 is 11.3 Å². The number of Topliss-reactive ketones (excluding diaryl/α,β-unsaturated/α-hetero) is 1.